The van der Waals surface area contributed by atoms with E-state index in [4.69, 9.17) is 4.74 Å². The molecule has 0 unspecified atom stereocenters. The predicted molar refractivity (Wildman–Crippen MR) is 75.0 cm³/mol. The second kappa shape index (κ2) is 7.09. The van der Waals surface area contributed by atoms with Gasteiger partial charge in [-0.1, -0.05) is 19.6 Å². The number of halogens is 2. The Morgan fingerprint density at radius 2 is 2.00 bits per heavy atom. The summed E-state index contributed by atoms with van der Waals surface area (Å²) in [5, 5.41) is 3.21. The molecule has 0 heterocycles. The Kier molecular flexibility index (Phi) is 6.09. The van der Waals surface area contributed by atoms with Crippen molar-refractivity contribution in [3.63, 3.8) is 0 Å². The Balaban J connectivity index is 2.51. The first-order chi connectivity index (χ1) is 7.65. The van der Waals surface area contributed by atoms with Crippen molar-refractivity contribution < 1.29 is 4.74 Å². The van der Waals surface area contributed by atoms with E-state index in [1.807, 2.05) is 18.2 Å². The number of likely N-dealkylation sites (N-methyl/N-ethyl adjacent to an activating group) is 1. The molecule has 0 amide bonds. The van der Waals surface area contributed by atoms with E-state index >= 15 is 0 Å². The third kappa shape index (κ3) is 4.28. The van der Waals surface area contributed by atoms with E-state index in [1.165, 1.54) is 0 Å². The first-order valence-corrected chi connectivity index (χ1v) is 6.68. The van der Waals surface area contributed by atoms with Gasteiger partial charge in [0, 0.05) is 6.54 Å². The first-order valence-electron chi connectivity index (χ1n) is 5.09. The van der Waals surface area contributed by atoms with E-state index in [2.05, 4.69) is 50.7 Å². The van der Waals surface area contributed by atoms with Gasteiger partial charge in [-0.05, 0) is 56.1 Å². The molecule has 0 fully saturated rings. The maximum absolute atomic E-state index is 5.69. The monoisotopic (exact) mass is 347 g/mol. The Hall–Kier alpha value is -0.320. The fourth-order valence-corrected chi connectivity index (χ4v) is 2.37. The smallest absolute Gasteiger partial charge is 0.148 e. The molecule has 0 radical (unpaired) electrons. The molecular formula is C12H15Br2NO. The molecule has 0 aliphatic rings. The highest BCUT2D eigenvalue weighted by molar-refractivity contribution is 9.11. The van der Waals surface area contributed by atoms with Crippen LogP contribution in [0.5, 0.6) is 5.75 Å². The second-order valence-corrected chi connectivity index (χ2v) is 5.08. The fraction of sp³-hybridized carbons (Fsp3) is 0.333. The Bertz CT molecular complexity index is 346. The second-order valence-electron chi connectivity index (χ2n) is 3.37. The van der Waals surface area contributed by atoms with Gasteiger partial charge in [0.1, 0.15) is 12.4 Å². The molecular weight excluding hydrogens is 334 g/mol. The summed E-state index contributed by atoms with van der Waals surface area (Å²) in [6.45, 7) is 8.27. The molecule has 4 heteroatoms. The lowest BCUT2D eigenvalue weighted by Gasteiger charge is -2.11. The van der Waals surface area contributed by atoms with Crippen LogP contribution in [0.3, 0.4) is 0 Å². The Morgan fingerprint density at radius 1 is 1.38 bits per heavy atom. The highest BCUT2D eigenvalue weighted by Crippen LogP contribution is 2.33. The molecule has 1 rings (SSSR count). The minimum Gasteiger partial charge on any atom is -0.487 e. The maximum Gasteiger partial charge on any atom is 0.148 e. The van der Waals surface area contributed by atoms with Gasteiger partial charge in [0.15, 0.2) is 0 Å². The van der Waals surface area contributed by atoms with Crippen LogP contribution in [0.4, 0.5) is 0 Å². The first kappa shape index (κ1) is 13.7. The van der Waals surface area contributed by atoms with Gasteiger partial charge >= 0.3 is 0 Å². The van der Waals surface area contributed by atoms with Crippen LogP contribution >= 0.6 is 31.9 Å². The summed E-state index contributed by atoms with van der Waals surface area (Å²) in [4.78, 5) is 0. The minimum absolute atomic E-state index is 0.522. The summed E-state index contributed by atoms with van der Waals surface area (Å²) in [5.74, 6) is 0.820. The van der Waals surface area contributed by atoms with Crippen LogP contribution in [-0.2, 0) is 0 Å². The van der Waals surface area contributed by atoms with Gasteiger partial charge in [0.05, 0.1) is 8.95 Å². The van der Waals surface area contributed by atoms with E-state index in [9.17, 15) is 0 Å². The summed E-state index contributed by atoms with van der Waals surface area (Å²) in [7, 11) is 0. The summed E-state index contributed by atoms with van der Waals surface area (Å²) in [6, 6.07) is 5.86. The standard InChI is InChI=1S/C12H15Br2NO/c1-3-15-7-9(2)8-16-12-10(13)5-4-6-11(12)14/h4-6,15H,2-3,7-8H2,1H3. The van der Waals surface area contributed by atoms with Crippen LogP contribution < -0.4 is 10.1 Å². The largest absolute Gasteiger partial charge is 0.487 e. The third-order valence-electron chi connectivity index (χ3n) is 1.96. The fourth-order valence-electron chi connectivity index (χ4n) is 1.15. The topological polar surface area (TPSA) is 21.3 Å². The maximum atomic E-state index is 5.69. The number of para-hydroxylation sites is 1. The van der Waals surface area contributed by atoms with Gasteiger partial charge in [-0.25, -0.2) is 0 Å². The van der Waals surface area contributed by atoms with E-state index < -0.39 is 0 Å². The molecule has 2 nitrogen and oxygen atoms in total. The molecule has 88 valence electrons. The molecule has 0 aliphatic heterocycles. The lowest BCUT2D eigenvalue weighted by Crippen LogP contribution is -2.18. The average Bonchev–Trinajstić information content (AvgIpc) is 2.25. The van der Waals surface area contributed by atoms with Crippen LogP contribution in [0.1, 0.15) is 6.92 Å². The molecule has 1 aromatic carbocycles. The summed E-state index contributed by atoms with van der Waals surface area (Å²) >= 11 is 6.90. The molecule has 1 N–H and O–H groups in total. The van der Waals surface area contributed by atoms with Gasteiger partial charge in [0.25, 0.3) is 0 Å². The summed E-state index contributed by atoms with van der Waals surface area (Å²) < 4.78 is 7.58. The summed E-state index contributed by atoms with van der Waals surface area (Å²) in [6.07, 6.45) is 0. The van der Waals surface area contributed by atoms with Crippen molar-refractivity contribution in [1.82, 2.24) is 5.32 Å². The van der Waals surface area contributed by atoms with Gasteiger partial charge in [-0.2, -0.15) is 0 Å². The van der Waals surface area contributed by atoms with E-state index in [1.54, 1.807) is 0 Å². The van der Waals surface area contributed by atoms with E-state index in [0.717, 1.165) is 33.4 Å². The molecule has 1 aromatic rings. The summed E-state index contributed by atoms with van der Waals surface area (Å²) in [5.41, 5.74) is 1.03. The molecule has 0 aromatic heterocycles. The van der Waals surface area contributed by atoms with Crippen molar-refractivity contribution in [3.8, 4) is 5.75 Å². The van der Waals surface area contributed by atoms with Crippen molar-refractivity contribution in [2.24, 2.45) is 0 Å². The zero-order valence-corrected chi connectivity index (χ0v) is 12.4. The van der Waals surface area contributed by atoms with Crippen LogP contribution in [0, 0.1) is 0 Å². The molecule has 0 aliphatic carbocycles. The van der Waals surface area contributed by atoms with Crippen molar-refractivity contribution >= 4 is 31.9 Å². The number of rotatable bonds is 6. The normalized spacial score (nSPS) is 10.2. The van der Waals surface area contributed by atoms with Crippen LogP contribution in [0.15, 0.2) is 39.3 Å². The molecule has 0 spiro atoms. The van der Waals surface area contributed by atoms with Gasteiger partial charge in [-0.15, -0.1) is 0 Å². The average molecular weight is 349 g/mol. The predicted octanol–water partition coefficient (Wildman–Crippen LogP) is 3.76. The van der Waals surface area contributed by atoms with Crippen LogP contribution in [0.25, 0.3) is 0 Å². The van der Waals surface area contributed by atoms with Gasteiger partial charge in [-0.3, -0.25) is 0 Å². The molecule has 0 atom stereocenters. The molecule has 16 heavy (non-hydrogen) atoms. The third-order valence-corrected chi connectivity index (χ3v) is 3.21. The van der Waals surface area contributed by atoms with E-state index in [0.29, 0.717) is 6.61 Å². The quantitative estimate of drug-likeness (QED) is 0.790. The Labute approximate surface area is 113 Å². The highest BCUT2D eigenvalue weighted by atomic mass is 79.9. The zero-order valence-electron chi connectivity index (χ0n) is 9.22. The van der Waals surface area contributed by atoms with E-state index in [-0.39, 0.29) is 0 Å². The van der Waals surface area contributed by atoms with Crippen LogP contribution in [0.2, 0.25) is 0 Å². The SMILES string of the molecule is C=C(CNCC)COc1c(Br)cccc1Br. The van der Waals surface area contributed by atoms with Crippen molar-refractivity contribution in [1.29, 1.82) is 0 Å². The number of hydrogen-bond donors (Lipinski definition) is 1. The van der Waals surface area contributed by atoms with Crippen molar-refractivity contribution in [3.05, 3.63) is 39.3 Å². The number of nitrogens with one attached hydrogen (secondary N) is 1. The zero-order chi connectivity index (χ0) is 12.0. The van der Waals surface area contributed by atoms with Gasteiger partial charge < -0.3 is 10.1 Å². The lowest BCUT2D eigenvalue weighted by molar-refractivity contribution is 0.344. The number of benzene rings is 1. The molecule has 0 bridgehead atoms. The minimum atomic E-state index is 0.522. The van der Waals surface area contributed by atoms with Gasteiger partial charge in [0.2, 0.25) is 0 Å². The molecule has 0 saturated heterocycles. The number of ether oxygens (including phenoxy) is 1. The van der Waals surface area contributed by atoms with Crippen molar-refractivity contribution in [2.75, 3.05) is 19.7 Å². The Morgan fingerprint density at radius 3 is 2.56 bits per heavy atom. The number of hydrogen-bond acceptors (Lipinski definition) is 2. The lowest BCUT2D eigenvalue weighted by atomic mass is 10.3. The molecule has 0 saturated carbocycles. The van der Waals surface area contributed by atoms with Crippen LogP contribution in [-0.4, -0.2) is 19.7 Å². The van der Waals surface area contributed by atoms with Crippen molar-refractivity contribution in [2.45, 2.75) is 6.92 Å². The highest BCUT2D eigenvalue weighted by Gasteiger charge is 2.05.